The van der Waals surface area contributed by atoms with Crippen LogP contribution in [0, 0.1) is 0 Å². The fourth-order valence-corrected chi connectivity index (χ4v) is 4.74. The number of amides is 1. The molecule has 3 N–H and O–H groups in total. The average Bonchev–Trinajstić information content (AvgIpc) is 3.24. The van der Waals surface area contributed by atoms with Crippen molar-refractivity contribution in [3.05, 3.63) is 69.9 Å². The third-order valence-electron chi connectivity index (χ3n) is 5.46. The molecule has 184 valence electrons. The topological polar surface area (TPSA) is 104 Å². The smallest absolute Gasteiger partial charge is 0.248 e. The van der Waals surface area contributed by atoms with Gasteiger partial charge in [0.1, 0.15) is 12.6 Å². The summed E-state index contributed by atoms with van der Waals surface area (Å²) in [5.74, 6) is 2.06. The van der Waals surface area contributed by atoms with Crippen molar-refractivity contribution in [3.8, 4) is 11.5 Å². The Morgan fingerprint density at radius 1 is 1.20 bits per heavy atom. The van der Waals surface area contributed by atoms with Crippen LogP contribution in [0.5, 0.6) is 11.5 Å². The van der Waals surface area contributed by atoms with Crippen molar-refractivity contribution in [2.45, 2.75) is 45.0 Å². The summed E-state index contributed by atoms with van der Waals surface area (Å²) in [6.07, 6.45) is 1.00. The Morgan fingerprint density at radius 2 is 2.00 bits per heavy atom. The number of thioether (sulfide) groups is 1. The van der Waals surface area contributed by atoms with Crippen LogP contribution in [-0.2, 0) is 11.4 Å². The van der Waals surface area contributed by atoms with Crippen LogP contribution < -0.4 is 20.5 Å². The minimum atomic E-state index is -0.552. The summed E-state index contributed by atoms with van der Waals surface area (Å²) in [6, 6.07) is 12.6. The van der Waals surface area contributed by atoms with Gasteiger partial charge in [-0.3, -0.25) is 4.79 Å². The largest absolute Gasteiger partial charge is 0.490 e. The van der Waals surface area contributed by atoms with Gasteiger partial charge in [-0.15, -0.1) is 5.10 Å². The number of halogens is 1. The molecule has 10 heteroatoms. The Morgan fingerprint density at radius 3 is 2.71 bits per heavy atom. The lowest BCUT2D eigenvalue weighted by Gasteiger charge is -2.28. The van der Waals surface area contributed by atoms with E-state index in [-0.39, 0.29) is 0 Å². The number of primary amides is 1. The standard InChI is InChI=1S/C25H28ClN5O3S/c1-4-12-35-25-29-24-28-15(3)21(23(27)32)22(31(24)30-25)16-10-11-19(20(13-16)33-5-2)34-14-17-8-6-7-9-18(17)26/h6-11,13,22H,4-5,12,14H2,1-3H3,(H2,27,32)(H,28,29,30). The maximum Gasteiger partial charge on any atom is 0.248 e. The number of nitrogens with two attached hydrogens (primary N) is 1. The molecule has 0 spiro atoms. The number of nitrogens with zero attached hydrogens (tertiary/aromatic N) is 3. The van der Waals surface area contributed by atoms with Crippen LogP contribution in [0.2, 0.25) is 5.02 Å². The first-order valence-electron chi connectivity index (χ1n) is 11.4. The quantitative estimate of drug-likeness (QED) is 0.360. The number of anilines is 1. The maximum absolute atomic E-state index is 12.5. The zero-order valence-corrected chi connectivity index (χ0v) is 21.4. The second-order valence-electron chi connectivity index (χ2n) is 7.96. The third kappa shape index (κ3) is 5.41. The minimum absolute atomic E-state index is 0.295. The maximum atomic E-state index is 12.5. The lowest BCUT2D eigenvalue weighted by Crippen LogP contribution is -2.31. The summed E-state index contributed by atoms with van der Waals surface area (Å²) in [5, 5.41) is 9.12. The van der Waals surface area contributed by atoms with E-state index in [0.29, 0.717) is 52.1 Å². The number of fused-ring (bicyclic) bond motifs is 1. The van der Waals surface area contributed by atoms with Crippen LogP contribution >= 0.6 is 23.4 Å². The highest BCUT2D eigenvalue weighted by atomic mass is 35.5. The lowest BCUT2D eigenvalue weighted by atomic mass is 9.95. The predicted octanol–water partition coefficient (Wildman–Crippen LogP) is 5.19. The Bertz CT molecular complexity index is 1260. The van der Waals surface area contributed by atoms with Crippen molar-refractivity contribution in [1.82, 2.24) is 14.8 Å². The van der Waals surface area contributed by atoms with Gasteiger partial charge in [0, 0.05) is 22.0 Å². The molecule has 1 aliphatic heterocycles. The Labute approximate surface area is 213 Å². The van der Waals surface area contributed by atoms with E-state index in [0.717, 1.165) is 23.3 Å². The number of rotatable bonds is 10. The molecule has 1 amide bonds. The molecular formula is C25H28ClN5O3S. The predicted molar refractivity (Wildman–Crippen MR) is 138 cm³/mol. The van der Waals surface area contributed by atoms with Crippen LogP contribution in [0.4, 0.5) is 5.95 Å². The first-order chi connectivity index (χ1) is 16.9. The van der Waals surface area contributed by atoms with Gasteiger partial charge in [0.15, 0.2) is 11.5 Å². The first-order valence-corrected chi connectivity index (χ1v) is 12.8. The van der Waals surface area contributed by atoms with Gasteiger partial charge >= 0.3 is 0 Å². The number of carbonyl (C=O) groups is 1. The summed E-state index contributed by atoms with van der Waals surface area (Å²) in [6.45, 7) is 6.56. The first kappa shape index (κ1) is 24.9. The summed E-state index contributed by atoms with van der Waals surface area (Å²) < 4.78 is 13.7. The van der Waals surface area contributed by atoms with Crippen molar-refractivity contribution in [1.29, 1.82) is 0 Å². The monoisotopic (exact) mass is 513 g/mol. The van der Waals surface area contributed by atoms with E-state index in [2.05, 4.69) is 22.3 Å². The van der Waals surface area contributed by atoms with Gasteiger partial charge in [-0.05, 0) is 44.0 Å². The fraction of sp³-hybridized carbons (Fsp3) is 0.320. The highest BCUT2D eigenvalue weighted by Gasteiger charge is 2.34. The van der Waals surface area contributed by atoms with E-state index in [9.17, 15) is 4.79 Å². The molecule has 1 atom stereocenters. The molecule has 0 radical (unpaired) electrons. The molecule has 1 aliphatic rings. The number of aromatic nitrogens is 3. The third-order valence-corrected chi connectivity index (χ3v) is 6.87. The zero-order chi connectivity index (χ0) is 24.9. The zero-order valence-electron chi connectivity index (χ0n) is 19.9. The van der Waals surface area contributed by atoms with Crippen LogP contribution in [0.15, 0.2) is 58.9 Å². The second-order valence-corrected chi connectivity index (χ2v) is 9.43. The van der Waals surface area contributed by atoms with Gasteiger partial charge in [-0.1, -0.05) is 54.6 Å². The van der Waals surface area contributed by atoms with E-state index in [1.807, 2.05) is 56.3 Å². The van der Waals surface area contributed by atoms with Crippen molar-refractivity contribution < 1.29 is 14.3 Å². The molecule has 8 nitrogen and oxygen atoms in total. The molecule has 1 unspecified atom stereocenters. The van der Waals surface area contributed by atoms with Crippen LogP contribution in [0.1, 0.15) is 44.4 Å². The van der Waals surface area contributed by atoms with Crippen molar-refractivity contribution >= 4 is 35.2 Å². The summed E-state index contributed by atoms with van der Waals surface area (Å²) in [7, 11) is 0. The molecule has 0 saturated carbocycles. The van der Waals surface area contributed by atoms with Gasteiger partial charge in [0.2, 0.25) is 17.0 Å². The Kier molecular flexibility index (Phi) is 7.87. The van der Waals surface area contributed by atoms with Crippen molar-refractivity contribution in [3.63, 3.8) is 0 Å². The lowest BCUT2D eigenvalue weighted by molar-refractivity contribution is -0.115. The highest BCUT2D eigenvalue weighted by Crippen LogP contribution is 2.39. The molecule has 1 aromatic heterocycles. The van der Waals surface area contributed by atoms with E-state index >= 15 is 0 Å². The molecule has 35 heavy (non-hydrogen) atoms. The van der Waals surface area contributed by atoms with Crippen molar-refractivity contribution in [2.75, 3.05) is 17.7 Å². The van der Waals surface area contributed by atoms with Crippen LogP contribution in [-0.4, -0.2) is 33.0 Å². The molecule has 0 aliphatic carbocycles. The van der Waals surface area contributed by atoms with E-state index in [1.54, 1.807) is 16.4 Å². The summed E-state index contributed by atoms with van der Waals surface area (Å²) in [4.78, 5) is 17.1. The number of hydrogen-bond acceptors (Lipinski definition) is 7. The van der Waals surface area contributed by atoms with Crippen molar-refractivity contribution in [2.24, 2.45) is 5.73 Å². The Hall–Kier alpha value is -3.17. The summed E-state index contributed by atoms with van der Waals surface area (Å²) in [5.41, 5.74) is 8.53. The fourth-order valence-electron chi connectivity index (χ4n) is 3.87. The molecule has 0 bridgehead atoms. The van der Waals surface area contributed by atoms with Gasteiger partial charge in [-0.2, -0.15) is 4.98 Å². The number of nitrogens with one attached hydrogen (secondary N) is 1. The second kappa shape index (κ2) is 11.0. The van der Waals surface area contributed by atoms with E-state index in [4.69, 9.17) is 26.8 Å². The van der Waals surface area contributed by atoms with Gasteiger partial charge in [0.05, 0.1) is 12.2 Å². The Balaban J connectivity index is 1.71. The molecule has 0 fully saturated rings. The molecular weight excluding hydrogens is 486 g/mol. The number of hydrogen-bond donors (Lipinski definition) is 2. The number of allylic oxidation sites excluding steroid dienone is 1. The van der Waals surface area contributed by atoms with Gasteiger partial charge in [0.25, 0.3) is 0 Å². The molecule has 2 aromatic carbocycles. The van der Waals surface area contributed by atoms with E-state index in [1.165, 1.54) is 0 Å². The highest BCUT2D eigenvalue weighted by molar-refractivity contribution is 7.99. The molecule has 2 heterocycles. The number of carbonyl (C=O) groups excluding carboxylic acids is 1. The summed E-state index contributed by atoms with van der Waals surface area (Å²) >= 11 is 7.84. The SMILES string of the molecule is CCCSc1nc2n(n1)C(c1ccc(OCc3ccccc3Cl)c(OCC)c1)C(C(N)=O)=C(C)N2. The van der Waals surface area contributed by atoms with Gasteiger partial charge in [-0.25, -0.2) is 4.68 Å². The molecule has 4 rings (SSSR count). The minimum Gasteiger partial charge on any atom is -0.490 e. The average molecular weight is 514 g/mol. The molecule has 3 aromatic rings. The van der Waals surface area contributed by atoms with E-state index < -0.39 is 11.9 Å². The van der Waals surface area contributed by atoms with Crippen LogP contribution in [0.25, 0.3) is 0 Å². The number of benzene rings is 2. The molecule has 0 saturated heterocycles. The van der Waals surface area contributed by atoms with Gasteiger partial charge < -0.3 is 20.5 Å². The number of ether oxygens (including phenoxy) is 2. The van der Waals surface area contributed by atoms with Crippen LogP contribution in [0.3, 0.4) is 0 Å². The normalized spacial score (nSPS) is 14.9.